The first-order valence-corrected chi connectivity index (χ1v) is 8.43. The van der Waals surface area contributed by atoms with E-state index in [1.165, 1.54) is 12.1 Å². The van der Waals surface area contributed by atoms with E-state index in [1.807, 2.05) is 12.5 Å². The van der Waals surface area contributed by atoms with Gasteiger partial charge in [-0.25, -0.2) is 13.4 Å². The summed E-state index contributed by atoms with van der Waals surface area (Å²) in [5, 5.41) is 3.48. The van der Waals surface area contributed by atoms with Crippen LogP contribution in [0.5, 0.6) is 0 Å². The molecule has 100 valence electrons. The first-order chi connectivity index (χ1) is 8.66. The van der Waals surface area contributed by atoms with Crippen molar-refractivity contribution >= 4 is 9.84 Å². The van der Waals surface area contributed by atoms with Crippen LogP contribution in [0.25, 0.3) is 0 Å². The van der Waals surface area contributed by atoms with Crippen LogP contribution in [0.1, 0.15) is 43.5 Å². The summed E-state index contributed by atoms with van der Waals surface area (Å²) in [4.78, 5) is 4.25. The Kier molecular flexibility index (Phi) is 3.15. The van der Waals surface area contributed by atoms with Gasteiger partial charge in [0.05, 0.1) is 23.5 Å². The summed E-state index contributed by atoms with van der Waals surface area (Å²) in [5.74, 6) is 0.626. The van der Waals surface area contributed by atoms with Crippen LogP contribution in [-0.4, -0.2) is 36.0 Å². The van der Waals surface area contributed by atoms with Gasteiger partial charge < -0.3 is 9.88 Å². The summed E-state index contributed by atoms with van der Waals surface area (Å²) in [6.07, 6.45) is 7.58. The monoisotopic (exact) mass is 269 g/mol. The van der Waals surface area contributed by atoms with Crippen molar-refractivity contribution in [3.05, 3.63) is 18.2 Å². The zero-order valence-corrected chi connectivity index (χ0v) is 11.2. The molecule has 5 nitrogen and oxygen atoms in total. The van der Waals surface area contributed by atoms with Crippen molar-refractivity contribution in [2.24, 2.45) is 0 Å². The second-order valence-electron chi connectivity index (χ2n) is 5.26. The van der Waals surface area contributed by atoms with Crippen molar-refractivity contribution in [3.8, 4) is 0 Å². The molecule has 0 radical (unpaired) electrons. The van der Waals surface area contributed by atoms with Crippen LogP contribution >= 0.6 is 0 Å². The van der Waals surface area contributed by atoms with Gasteiger partial charge in [-0.2, -0.15) is 0 Å². The number of aromatic nitrogens is 2. The maximum atomic E-state index is 11.5. The Morgan fingerprint density at radius 2 is 2.06 bits per heavy atom. The number of nitrogens with zero attached hydrogens (tertiary/aromatic N) is 2. The minimum atomic E-state index is -2.79. The molecule has 0 spiro atoms. The predicted octanol–water partition coefficient (Wildman–Crippen LogP) is 1.06. The number of imidazole rings is 1. The van der Waals surface area contributed by atoms with Gasteiger partial charge >= 0.3 is 0 Å². The molecule has 6 heteroatoms. The topological polar surface area (TPSA) is 64.0 Å². The SMILES string of the molecule is O=S1(=O)CCC(n2cncc2[C@@H]2CCCN2)CC1. The maximum absolute atomic E-state index is 11.5. The third kappa shape index (κ3) is 2.31. The molecule has 0 aromatic carbocycles. The molecule has 3 heterocycles. The number of sulfone groups is 1. The molecule has 1 aromatic rings. The fourth-order valence-corrected chi connectivity index (χ4v) is 4.45. The summed E-state index contributed by atoms with van der Waals surface area (Å²) in [6.45, 7) is 1.06. The Labute approximate surface area is 108 Å². The zero-order chi connectivity index (χ0) is 12.6. The second kappa shape index (κ2) is 4.66. The van der Waals surface area contributed by atoms with Gasteiger partial charge in [0.25, 0.3) is 0 Å². The average molecular weight is 269 g/mol. The van der Waals surface area contributed by atoms with Gasteiger partial charge in [-0.05, 0) is 32.2 Å². The predicted molar refractivity (Wildman–Crippen MR) is 69.1 cm³/mol. The van der Waals surface area contributed by atoms with E-state index < -0.39 is 9.84 Å². The van der Waals surface area contributed by atoms with E-state index in [-0.39, 0.29) is 0 Å². The third-order valence-corrected chi connectivity index (χ3v) is 5.75. The van der Waals surface area contributed by atoms with Gasteiger partial charge in [-0.1, -0.05) is 0 Å². The van der Waals surface area contributed by atoms with Crippen LogP contribution in [0.2, 0.25) is 0 Å². The number of hydrogen-bond donors (Lipinski definition) is 1. The maximum Gasteiger partial charge on any atom is 0.150 e. The van der Waals surface area contributed by atoms with E-state index >= 15 is 0 Å². The molecular weight excluding hydrogens is 250 g/mol. The lowest BCUT2D eigenvalue weighted by atomic mass is 10.1. The van der Waals surface area contributed by atoms with Gasteiger partial charge in [0.15, 0.2) is 0 Å². The van der Waals surface area contributed by atoms with E-state index in [4.69, 9.17) is 0 Å². The van der Waals surface area contributed by atoms with Gasteiger partial charge in [-0.15, -0.1) is 0 Å². The number of rotatable bonds is 2. The molecule has 2 saturated heterocycles. The van der Waals surface area contributed by atoms with Crippen LogP contribution in [0.3, 0.4) is 0 Å². The molecular formula is C12H19N3O2S. The summed E-state index contributed by atoms with van der Waals surface area (Å²) in [7, 11) is -2.79. The number of nitrogens with one attached hydrogen (secondary N) is 1. The minimum Gasteiger partial charge on any atom is -0.330 e. The molecule has 0 aliphatic carbocycles. The Hall–Kier alpha value is -0.880. The van der Waals surface area contributed by atoms with Crippen molar-refractivity contribution in [3.63, 3.8) is 0 Å². The molecule has 0 unspecified atom stereocenters. The van der Waals surface area contributed by atoms with E-state index in [2.05, 4.69) is 14.9 Å². The van der Waals surface area contributed by atoms with E-state index in [9.17, 15) is 8.42 Å². The van der Waals surface area contributed by atoms with Crippen molar-refractivity contribution < 1.29 is 8.42 Å². The summed E-state index contributed by atoms with van der Waals surface area (Å²) in [5.41, 5.74) is 1.22. The lowest BCUT2D eigenvalue weighted by Gasteiger charge is -2.26. The lowest BCUT2D eigenvalue weighted by molar-refractivity contribution is 0.423. The molecule has 3 rings (SSSR count). The summed E-state index contributed by atoms with van der Waals surface area (Å²) >= 11 is 0. The summed E-state index contributed by atoms with van der Waals surface area (Å²) in [6, 6.07) is 0.694. The standard InChI is InChI=1S/C12H19N3O2S/c16-18(17)6-3-10(4-7-18)15-9-13-8-12(15)11-2-1-5-14-11/h8-11,14H,1-7H2/t11-/m0/s1. The lowest BCUT2D eigenvalue weighted by Crippen LogP contribution is -2.27. The smallest absolute Gasteiger partial charge is 0.150 e. The van der Waals surface area contributed by atoms with E-state index in [1.54, 1.807) is 0 Å². The minimum absolute atomic E-state index is 0.299. The molecule has 0 saturated carbocycles. The van der Waals surface area contributed by atoms with Crippen molar-refractivity contribution in [1.29, 1.82) is 0 Å². The van der Waals surface area contributed by atoms with Crippen LogP contribution in [0.4, 0.5) is 0 Å². The van der Waals surface area contributed by atoms with Gasteiger partial charge in [0.1, 0.15) is 9.84 Å². The van der Waals surface area contributed by atoms with Gasteiger partial charge in [0.2, 0.25) is 0 Å². The number of hydrogen-bond acceptors (Lipinski definition) is 4. The van der Waals surface area contributed by atoms with Crippen LogP contribution in [0, 0.1) is 0 Å². The van der Waals surface area contributed by atoms with Crippen LogP contribution in [0.15, 0.2) is 12.5 Å². The highest BCUT2D eigenvalue weighted by Gasteiger charge is 2.28. The third-order valence-electron chi connectivity index (χ3n) is 4.03. The van der Waals surface area contributed by atoms with Crippen LogP contribution < -0.4 is 5.32 Å². The Bertz CT molecular complexity index is 503. The molecule has 2 fully saturated rings. The van der Waals surface area contributed by atoms with E-state index in [0.717, 1.165) is 25.8 Å². The van der Waals surface area contributed by atoms with Crippen molar-refractivity contribution in [2.75, 3.05) is 18.1 Å². The highest BCUT2D eigenvalue weighted by atomic mass is 32.2. The Balaban J connectivity index is 1.78. The molecule has 18 heavy (non-hydrogen) atoms. The largest absolute Gasteiger partial charge is 0.330 e. The van der Waals surface area contributed by atoms with Crippen molar-refractivity contribution in [1.82, 2.24) is 14.9 Å². The zero-order valence-electron chi connectivity index (χ0n) is 10.4. The first kappa shape index (κ1) is 12.2. The van der Waals surface area contributed by atoms with Gasteiger partial charge in [0, 0.05) is 18.3 Å². The molecule has 2 aliphatic heterocycles. The normalized spacial score (nSPS) is 28.6. The quantitative estimate of drug-likeness (QED) is 0.872. The van der Waals surface area contributed by atoms with E-state index in [0.29, 0.717) is 23.6 Å². The molecule has 0 amide bonds. The highest BCUT2D eigenvalue weighted by Crippen LogP contribution is 2.30. The molecule has 1 N–H and O–H groups in total. The molecule has 1 atom stereocenters. The van der Waals surface area contributed by atoms with Crippen LogP contribution in [-0.2, 0) is 9.84 Å². The Morgan fingerprint density at radius 1 is 1.28 bits per heavy atom. The fraction of sp³-hybridized carbons (Fsp3) is 0.750. The Morgan fingerprint density at radius 3 is 2.72 bits per heavy atom. The molecule has 1 aromatic heterocycles. The fourth-order valence-electron chi connectivity index (χ4n) is 2.98. The second-order valence-corrected chi connectivity index (χ2v) is 7.56. The average Bonchev–Trinajstić information content (AvgIpc) is 2.99. The molecule has 2 aliphatic rings. The first-order valence-electron chi connectivity index (χ1n) is 6.61. The molecule has 0 bridgehead atoms. The van der Waals surface area contributed by atoms with Gasteiger partial charge in [-0.3, -0.25) is 0 Å². The van der Waals surface area contributed by atoms with Crippen molar-refractivity contribution in [2.45, 2.75) is 37.8 Å². The highest BCUT2D eigenvalue weighted by molar-refractivity contribution is 7.91. The summed E-state index contributed by atoms with van der Waals surface area (Å²) < 4.78 is 25.1.